The van der Waals surface area contributed by atoms with Crippen molar-refractivity contribution in [2.24, 2.45) is 11.7 Å². The molecule has 3 amide bonds. The van der Waals surface area contributed by atoms with E-state index in [1.165, 1.54) is 13.8 Å². The molecule has 0 fully saturated rings. The molecule has 0 saturated heterocycles. The molecule has 0 heterocycles. The highest BCUT2D eigenvalue weighted by Crippen LogP contribution is 1.99. The van der Waals surface area contributed by atoms with Crippen molar-refractivity contribution in [3.05, 3.63) is 0 Å². The highest BCUT2D eigenvalue weighted by molar-refractivity contribution is 5.94. The molecule has 0 aromatic rings. The van der Waals surface area contributed by atoms with Gasteiger partial charge in [-0.05, 0) is 19.8 Å². The first-order valence-electron chi connectivity index (χ1n) is 8.10. The van der Waals surface area contributed by atoms with Crippen molar-refractivity contribution in [2.45, 2.75) is 58.0 Å². The van der Waals surface area contributed by atoms with E-state index < -0.39 is 60.6 Å². The molecule has 0 aromatic carbocycles. The molecule has 0 aromatic heterocycles. The summed E-state index contributed by atoms with van der Waals surface area (Å²) >= 11 is 0. The van der Waals surface area contributed by atoms with Crippen LogP contribution in [0, 0.1) is 5.92 Å². The summed E-state index contributed by atoms with van der Waals surface area (Å²) in [6.07, 6.45) is -1.35. The number of nitrogens with one attached hydrogen (secondary N) is 3. The highest BCUT2D eigenvalue weighted by Gasteiger charge is 2.30. The molecule has 8 N–H and O–H groups in total. The van der Waals surface area contributed by atoms with E-state index in [1.54, 1.807) is 13.8 Å². The third-order valence-corrected chi connectivity index (χ3v) is 3.63. The van der Waals surface area contributed by atoms with Gasteiger partial charge in [0.2, 0.25) is 17.7 Å². The first kappa shape index (κ1) is 23.8. The van der Waals surface area contributed by atoms with Crippen molar-refractivity contribution in [1.82, 2.24) is 16.0 Å². The van der Waals surface area contributed by atoms with Crippen molar-refractivity contribution in [1.29, 1.82) is 0 Å². The molecule has 0 bridgehead atoms. The second-order valence-corrected chi connectivity index (χ2v) is 6.31. The molecule has 0 spiro atoms. The second-order valence-electron chi connectivity index (χ2n) is 6.31. The number of carbonyl (C=O) groups is 4. The minimum Gasteiger partial charge on any atom is -0.480 e. The van der Waals surface area contributed by atoms with Crippen molar-refractivity contribution in [2.75, 3.05) is 6.61 Å². The molecule has 0 aliphatic rings. The zero-order valence-corrected chi connectivity index (χ0v) is 15.2. The Morgan fingerprint density at radius 2 is 1.46 bits per heavy atom. The van der Waals surface area contributed by atoms with Gasteiger partial charge >= 0.3 is 5.97 Å². The first-order chi connectivity index (χ1) is 11.9. The summed E-state index contributed by atoms with van der Waals surface area (Å²) in [6.45, 7) is 5.18. The third kappa shape index (κ3) is 7.33. The lowest BCUT2D eigenvalue weighted by molar-refractivity contribution is -0.145. The van der Waals surface area contributed by atoms with Crippen LogP contribution in [0.2, 0.25) is 0 Å². The zero-order valence-electron chi connectivity index (χ0n) is 15.2. The SMILES string of the molecule is CC(C)[C@H](N)C(=O)N[C@@H](CO)C(=O)N[C@@H](C)C(=O)N[C@H](C(=O)O)[C@@H](C)O. The number of aliphatic hydroxyl groups is 2. The maximum Gasteiger partial charge on any atom is 0.328 e. The Kier molecular flexibility index (Phi) is 9.76. The summed E-state index contributed by atoms with van der Waals surface area (Å²) in [4.78, 5) is 46.9. The van der Waals surface area contributed by atoms with Crippen LogP contribution >= 0.6 is 0 Å². The van der Waals surface area contributed by atoms with E-state index in [2.05, 4.69) is 16.0 Å². The maximum absolute atomic E-state index is 12.1. The summed E-state index contributed by atoms with van der Waals surface area (Å²) in [5, 5.41) is 34.1. The Balaban J connectivity index is 4.82. The highest BCUT2D eigenvalue weighted by atomic mass is 16.4. The molecule has 150 valence electrons. The number of aliphatic carboxylic acids is 1. The van der Waals surface area contributed by atoms with Gasteiger partial charge < -0.3 is 37.0 Å². The van der Waals surface area contributed by atoms with Crippen LogP contribution in [0.5, 0.6) is 0 Å². The molecule has 26 heavy (non-hydrogen) atoms. The first-order valence-corrected chi connectivity index (χ1v) is 8.10. The van der Waals surface area contributed by atoms with Crippen LogP contribution in [0.15, 0.2) is 0 Å². The Bertz CT molecular complexity index is 524. The van der Waals surface area contributed by atoms with Gasteiger partial charge in [0, 0.05) is 0 Å². The smallest absolute Gasteiger partial charge is 0.328 e. The van der Waals surface area contributed by atoms with E-state index in [0.29, 0.717) is 0 Å². The minimum absolute atomic E-state index is 0.185. The third-order valence-electron chi connectivity index (χ3n) is 3.63. The van der Waals surface area contributed by atoms with Gasteiger partial charge in [-0.25, -0.2) is 4.79 Å². The van der Waals surface area contributed by atoms with Crippen molar-refractivity contribution >= 4 is 23.7 Å². The standard InChI is InChI=1S/C15H28N4O7/c1-6(2)10(16)14(24)18-9(5-20)13(23)17-7(3)12(22)19-11(8(4)21)15(25)26/h6-11,20-21H,5,16H2,1-4H3,(H,17,23)(H,18,24)(H,19,22)(H,25,26)/t7-,8+,9-,10-,11-/m0/s1. The van der Waals surface area contributed by atoms with Gasteiger partial charge in [0.25, 0.3) is 0 Å². The van der Waals surface area contributed by atoms with Crippen LogP contribution in [-0.4, -0.2) is 75.9 Å². The average molecular weight is 376 g/mol. The van der Waals surface area contributed by atoms with E-state index in [0.717, 1.165) is 0 Å². The molecule has 0 rings (SSSR count). The summed E-state index contributed by atoms with van der Waals surface area (Å²) in [7, 11) is 0. The number of carboxylic acid groups (broad SMARTS) is 1. The number of nitrogens with two attached hydrogens (primary N) is 1. The Hall–Kier alpha value is -2.24. The topological polar surface area (TPSA) is 191 Å². The van der Waals surface area contributed by atoms with Crippen LogP contribution in [0.3, 0.4) is 0 Å². The van der Waals surface area contributed by atoms with Crippen LogP contribution in [-0.2, 0) is 19.2 Å². The fourth-order valence-electron chi connectivity index (χ4n) is 1.81. The molecule has 0 aliphatic heterocycles. The summed E-state index contributed by atoms with van der Waals surface area (Å²) < 4.78 is 0. The number of hydrogen-bond acceptors (Lipinski definition) is 7. The van der Waals surface area contributed by atoms with Crippen LogP contribution in [0.25, 0.3) is 0 Å². The van der Waals surface area contributed by atoms with Crippen LogP contribution in [0.4, 0.5) is 0 Å². The molecule has 0 radical (unpaired) electrons. The van der Waals surface area contributed by atoms with E-state index in [-0.39, 0.29) is 5.92 Å². The number of carboxylic acids is 1. The second kappa shape index (κ2) is 10.7. The predicted octanol–water partition coefficient (Wildman–Crippen LogP) is -3.10. The number of amides is 3. The molecule has 0 saturated carbocycles. The van der Waals surface area contributed by atoms with Crippen molar-refractivity contribution in [3.63, 3.8) is 0 Å². The molecular formula is C15H28N4O7. The molecule has 11 heteroatoms. The lowest BCUT2D eigenvalue weighted by atomic mass is 10.0. The van der Waals surface area contributed by atoms with E-state index in [1.807, 2.05) is 0 Å². The number of hydrogen-bond donors (Lipinski definition) is 7. The monoisotopic (exact) mass is 376 g/mol. The normalized spacial score (nSPS) is 16.8. The van der Waals surface area contributed by atoms with Gasteiger partial charge in [0.15, 0.2) is 6.04 Å². The lowest BCUT2D eigenvalue weighted by Crippen LogP contribution is -2.58. The van der Waals surface area contributed by atoms with Crippen molar-refractivity contribution in [3.8, 4) is 0 Å². The maximum atomic E-state index is 12.1. The molecular weight excluding hydrogens is 348 g/mol. The fraction of sp³-hybridized carbons (Fsp3) is 0.733. The predicted molar refractivity (Wildman–Crippen MR) is 90.7 cm³/mol. The molecule has 0 unspecified atom stereocenters. The summed E-state index contributed by atoms with van der Waals surface area (Å²) in [6, 6.07) is -4.92. The van der Waals surface area contributed by atoms with Gasteiger partial charge in [-0.15, -0.1) is 0 Å². The fourth-order valence-corrected chi connectivity index (χ4v) is 1.81. The summed E-state index contributed by atoms with van der Waals surface area (Å²) in [5.74, 6) is -3.95. The Morgan fingerprint density at radius 1 is 0.923 bits per heavy atom. The van der Waals surface area contributed by atoms with E-state index in [9.17, 15) is 29.4 Å². The lowest BCUT2D eigenvalue weighted by Gasteiger charge is -2.23. The van der Waals surface area contributed by atoms with Gasteiger partial charge in [0.05, 0.1) is 18.8 Å². The number of rotatable bonds is 10. The average Bonchev–Trinajstić information content (AvgIpc) is 2.54. The molecule has 11 nitrogen and oxygen atoms in total. The van der Waals surface area contributed by atoms with Crippen molar-refractivity contribution < 1.29 is 34.5 Å². The van der Waals surface area contributed by atoms with Crippen LogP contribution in [0.1, 0.15) is 27.7 Å². The van der Waals surface area contributed by atoms with Gasteiger partial charge in [-0.1, -0.05) is 13.8 Å². The van der Waals surface area contributed by atoms with Crippen LogP contribution < -0.4 is 21.7 Å². The van der Waals surface area contributed by atoms with E-state index in [4.69, 9.17) is 10.8 Å². The summed E-state index contributed by atoms with van der Waals surface area (Å²) in [5.41, 5.74) is 5.66. The van der Waals surface area contributed by atoms with Gasteiger partial charge in [-0.2, -0.15) is 0 Å². The number of carbonyl (C=O) groups excluding carboxylic acids is 3. The Labute approximate surface area is 151 Å². The number of aliphatic hydroxyl groups excluding tert-OH is 2. The largest absolute Gasteiger partial charge is 0.480 e. The quantitative estimate of drug-likeness (QED) is 0.208. The zero-order chi connectivity index (χ0) is 20.6. The molecule has 5 atom stereocenters. The Morgan fingerprint density at radius 3 is 1.85 bits per heavy atom. The van der Waals surface area contributed by atoms with Gasteiger partial charge in [-0.3, -0.25) is 14.4 Å². The van der Waals surface area contributed by atoms with Gasteiger partial charge in [0.1, 0.15) is 12.1 Å². The van der Waals surface area contributed by atoms with E-state index >= 15 is 0 Å². The molecule has 0 aliphatic carbocycles. The minimum atomic E-state index is -1.54.